The second-order valence-corrected chi connectivity index (χ2v) is 5.72. The number of non-ortho nitro benzene ring substituents is 1. The molecular weight excluding hydrogens is 284 g/mol. The standard InChI is InChI=1S/C16H22N2O4/c1-3-22-16(19)13-10-12(18(20)21)8-9-15(13)17-14-7-5-4-6-11(14)2/h8-11,14,17H,3-7H2,1-2H3. The van der Waals surface area contributed by atoms with Crippen LogP contribution in [-0.2, 0) is 4.74 Å². The van der Waals surface area contributed by atoms with Crippen molar-refractivity contribution in [3.8, 4) is 0 Å². The molecule has 1 fully saturated rings. The lowest BCUT2D eigenvalue weighted by Crippen LogP contribution is -2.31. The van der Waals surface area contributed by atoms with Crippen molar-refractivity contribution in [2.45, 2.75) is 45.6 Å². The number of carbonyl (C=O) groups excluding carboxylic acids is 1. The number of ether oxygens (including phenoxy) is 1. The Bertz CT molecular complexity index is 559. The predicted molar refractivity (Wildman–Crippen MR) is 84.1 cm³/mol. The summed E-state index contributed by atoms with van der Waals surface area (Å²) in [7, 11) is 0. The van der Waals surface area contributed by atoms with Gasteiger partial charge in [0.25, 0.3) is 5.69 Å². The summed E-state index contributed by atoms with van der Waals surface area (Å²) in [5, 5.41) is 14.3. The first-order valence-electron chi connectivity index (χ1n) is 7.75. The number of carbonyl (C=O) groups is 1. The molecule has 0 aromatic heterocycles. The molecule has 22 heavy (non-hydrogen) atoms. The maximum Gasteiger partial charge on any atom is 0.340 e. The zero-order valence-electron chi connectivity index (χ0n) is 13.0. The Hall–Kier alpha value is -2.11. The molecule has 0 amide bonds. The Morgan fingerprint density at radius 1 is 1.41 bits per heavy atom. The summed E-state index contributed by atoms with van der Waals surface area (Å²) in [6, 6.07) is 4.58. The third-order valence-electron chi connectivity index (χ3n) is 4.16. The molecule has 1 aliphatic rings. The average Bonchev–Trinajstić information content (AvgIpc) is 2.50. The van der Waals surface area contributed by atoms with E-state index in [2.05, 4.69) is 12.2 Å². The predicted octanol–water partition coefficient (Wildman–Crippen LogP) is 3.76. The topological polar surface area (TPSA) is 81.5 Å². The fourth-order valence-corrected chi connectivity index (χ4v) is 2.88. The molecule has 2 unspecified atom stereocenters. The summed E-state index contributed by atoms with van der Waals surface area (Å²) in [5.41, 5.74) is 0.738. The van der Waals surface area contributed by atoms with Crippen LogP contribution in [0.5, 0.6) is 0 Å². The van der Waals surface area contributed by atoms with E-state index in [0.29, 0.717) is 11.6 Å². The molecule has 120 valence electrons. The van der Waals surface area contributed by atoms with E-state index in [-0.39, 0.29) is 23.9 Å². The van der Waals surface area contributed by atoms with Crippen molar-refractivity contribution in [1.29, 1.82) is 0 Å². The first kappa shape index (κ1) is 16.3. The Balaban J connectivity index is 2.28. The molecule has 1 aromatic carbocycles. The lowest BCUT2D eigenvalue weighted by molar-refractivity contribution is -0.384. The maximum atomic E-state index is 12.1. The van der Waals surface area contributed by atoms with Crippen molar-refractivity contribution in [2.24, 2.45) is 5.92 Å². The van der Waals surface area contributed by atoms with Gasteiger partial charge in [0.2, 0.25) is 0 Å². The monoisotopic (exact) mass is 306 g/mol. The molecule has 1 saturated carbocycles. The number of rotatable bonds is 5. The molecule has 2 rings (SSSR count). The Labute approximate surface area is 130 Å². The zero-order valence-corrected chi connectivity index (χ0v) is 13.0. The van der Waals surface area contributed by atoms with E-state index in [0.717, 1.165) is 19.3 Å². The quantitative estimate of drug-likeness (QED) is 0.509. The smallest absolute Gasteiger partial charge is 0.340 e. The number of nitrogens with zero attached hydrogens (tertiary/aromatic N) is 1. The van der Waals surface area contributed by atoms with Crippen molar-refractivity contribution in [3.05, 3.63) is 33.9 Å². The van der Waals surface area contributed by atoms with Crippen LogP contribution < -0.4 is 5.32 Å². The number of nitrogens with one attached hydrogen (secondary N) is 1. The van der Waals surface area contributed by atoms with Gasteiger partial charge in [0.1, 0.15) is 0 Å². The average molecular weight is 306 g/mol. The minimum Gasteiger partial charge on any atom is -0.462 e. The summed E-state index contributed by atoms with van der Waals surface area (Å²) in [6.07, 6.45) is 4.58. The van der Waals surface area contributed by atoms with Gasteiger partial charge in [-0.15, -0.1) is 0 Å². The highest BCUT2D eigenvalue weighted by atomic mass is 16.6. The third kappa shape index (κ3) is 3.75. The van der Waals surface area contributed by atoms with Crippen molar-refractivity contribution in [2.75, 3.05) is 11.9 Å². The van der Waals surface area contributed by atoms with Crippen molar-refractivity contribution in [3.63, 3.8) is 0 Å². The van der Waals surface area contributed by atoms with Crippen molar-refractivity contribution >= 4 is 17.3 Å². The van der Waals surface area contributed by atoms with Gasteiger partial charge in [0, 0.05) is 23.9 Å². The third-order valence-corrected chi connectivity index (χ3v) is 4.16. The molecule has 0 saturated heterocycles. The first-order chi connectivity index (χ1) is 10.5. The second kappa shape index (κ2) is 7.24. The van der Waals surface area contributed by atoms with Crippen LogP contribution in [0.4, 0.5) is 11.4 Å². The molecule has 6 heteroatoms. The highest BCUT2D eigenvalue weighted by molar-refractivity contribution is 5.96. The van der Waals surface area contributed by atoms with Gasteiger partial charge in [0.05, 0.1) is 17.1 Å². The molecule has 6 nitrogen and oxygen atoms in total. The van der Waals surface area contributed by atoms with Crippen LogP contribution in [0.2, 0.25) is 0 Å². The number of esters is 1. The summed E-state index contributed by atoms with van der Waals surface area (Å²) in [4.78, 5) is 22.5. The number of hydrogen-bond donors (Lipinski definition) is 1. The van der Waals surface area contributed by atoms with Gasteiger partial charge < -0.3 is 10.1 Å². The van der Waals surface area contributed by atoms with Gasteiger partial charge in [-0.25, -0.2) is 4.79 Å². The zero-order chi connectivity index (χ0) is 16.1. The minimum absolute atomic E-state index is 0.106. The summed E-state index contributed by atoms with van der Waals surface area (Å²) >= 11 is 0. The number of nitro groups is 1. The largest absolute Gasteiger partial charge is 0.462 e. The van der Waals surface area contributed by atoms with E-state index in [1.807, 2.05) is 0 Å². The fraction of sp³-hybridized carbons (Fsp3) is 0.562. The molecule has 0 aliphatic heterocycles. The summed E-state index contributed by atoms with van der Waals surface area (Å²) in [6.45, 7) is 4.14. The van der Waals surface area contributed by atoms with E-state index in [1.165, 1.54) is 18.6 Å². The van der Waals surface area contributed by atoms with Crippen LogP contribution >= 0.6 is 0 Å². The number of nitro benzene ring substituents is 1. The molecule has 0 bridgehead atoms. The van der Waals surface area contributed by atoms with Crippen LogP contribution in [0.15, 0.2) is 18.2 Å². The second-order valence-electron chi connectivity index (χ2n) is 5.72. The van der Waals surface area contributed by atoms with Crippen LogP contribution in [0.3, 0.4) is 0 Å². The van der Waals surface area contributed by atoms with E-state index >= 15 is 0 Å². The van der Waals surface area contributed by atoms with Crippen LogP contribution in [0.25, 0.3) is 0 Å². The van der Waals surface area contributed by atoms with Crippen LogP contribution in [0, 0.1) is 16.0 Å². The van der Waals surface area contributed by atoms with Gasteiger partial charge in [-0.05, 0) is 31.7 Å². The summed E-state index contributed by atoms with van der Waals surface area (Å²) < 4.78 is 5.02. The molecule has 1 aliphatic carbocycles. The fourth-order valence-electron chi connectivity index (χ4n) is 2.88. The Morgan fingerprint density at radius 2 is 2.14 bits per heavy atom. The lowest BCUT2D eigenvalue weighted by Gasteiger charge is -2.30. The Morgan fingerprint density at radius 3 is 2.77 bits per heavy atom. The number of hydrogen-bond acceptors (Lipinski definition) is 5. The normalized spacial score (nSPS) is 21.2. The highest BCUT2D eigenvalue weighted by Crippen LogP contribution is 2.30. The molecule has 2 atom stereocenters. The van der Waals surface area contributed by atoms with Crippen molar-refractivity contribution in [1.82, 2.24) is 0 Å². The summed E-state index contributed by atoms with van der Waals surface area (Å²) in [5.74, 6) is -0.0175. The molecule has 1 aromatic rings. The first-order valence-corrected chi connectivity index (χ1v) is 7.75. The SMILES string of the molecule is CCOC(=O)c1cc([N+](=O)[O-])ccc1NC1CCCCC1C. The van der Waals surface area contributed by atoms with Gasteiger partial charge in [-0.3, -0.25) is 10.1 Å². The van der Waals surface area contributed by atoms with Gasteiger partial charge >= 0.3 is 5.97 Å². The van der Waals surface area contributed by atoms with E-state index in [9.17, 15) is 14.9 Å². The highest BCUT2D eigenvalue weighted by Gasteiger charge is 2.24. The van der Waals surface area contributed by atoms with Crippen LogP contribution in [0.1, 0.15) is 49.9 Å². The van der Waals surface area contributed by atoms with Gasteiger partial charge in [-0.1, -0.05) is 19.8 Å². The maximum absolute atomic E-state index is 12.1. The lowest BCUT2D eigenvalue weighted by atomic mass is 9.85. The molecular formula is C16H22N2O4. The molecule has 0 spiro atoms. The van der Waals surface area contributed by atoms with E-state index < -0.39 is 10.9 Å². The minimum atomic E-state index is -0.530. The number of anilines is 1. The van der Waals surface area contributed by atoms with Crippen molar-refractivity contribution < 1.29 is 14.5 Å². The Kier molecular flexibility index (Phi) is 5.35. The van der Waals surface area contributed by atoms with Gasteiger partial charge in [-0.2, -0.15) is 0 Å². The van der Waals surface area contributed by atoms with Crippen LogP contribution in [-0.4, -0.2) is 23.5 Å². The molecule has 0 radical (unpaired) electrons. The number of benzene rings is 1. The van der Waals surface area contributed by atoms with E-state index in [4.69, 9.17) is 4.74 Å². The van der Waals surface area contributed by atoms with Gasteiger partial charge in [0.15, 0.2) is 0 Å². The molecule has 1 N–H and O–H groups in total. The van der Waals surface area contributed by atoms with E-state index in [1.54, 1.807) is 13.0 Å². The molecule has 0 heterocycles.